The highest BCUT2D eigenvalue weighted by molar-refractivity contribution is 8.00. The molecule has 2 aromatic carbocycles. The molecule has 0 aliphatic carbocycles. The Labute approximate surface area is 185 Å². The molecule has 0 aliphatic rings. The summed E-state index contributed by atoms with van der Waals surface area (Å²) < 4.78 is 0. The minimum Gasteiger partial charge on any atom is -0.301 e. The number of hydrogen-bond acceptors (Lipinski definition) is 5. The van der Waals surface area contributed by atoms with Gasteiger partial charge in [0, 0.05) is 23.2 Å². The van der Waals surface area contributed by atoms with Gasteiger partial charge in [0.25, 0.3) is 5.56 Å². The Morgan fingerprint density at radius 2 is 1.57 bits per heavy atom. The first-order valence-electron chi connectivity index (χ1n) is 9.76. The lowest BCUT2D eigenvalue weighted by atomic mass is 10.2. The smallest absolute Gasteiger partial charge is 0.251 e. The molecule has 1 aromatic heterocycles. The lowest BCUT2D eigenvalue weighted by Crippen LogP contribution is -2.33. The number of hydrogen-bond donors (Lipinski definition) is 1. The van der Waals surface area contributed by atoms with Crippen LogP contribution in [0.1, 0.15) is 26.5 Å². The number of carbonyl (C=O) groups is 1. The van der Waals surface area contributed by atoms with Gasteiger partial charge in [-0.2, -0.15) is 11.8 Å². The number of aromatic nitrogens is 2. The number of anilines is 2. The maximum Gasteiger partial charge on any atom is 0.251 e. The van der Waals surface area contributed by atoms with Gasteiger partial charge in [-0.05, 0) is 36.4 Å². The summed E-state index contributed by atoms with van der Waals surface area (Å²) >= 11 is 2.99. The largest absolute Gasteiger partial charge is 0.301 e. The Morgan fingerprint density at radius 3 is 2.10 bits per heavy atom. The summed E-state index contributed by atoms with van der Waals surface area (Å²) in [5.74, 6) is 0.583. The fourth-order valence-electron chi connectivity index (χ4n) is 2.82. The SMILES string of the molecule is CC(C)SCc1cc(=O)[nH]c(SC(C)C(=O)N(c2ccccc2)c2ccccc2)n1. The summed E-state index contributed by atoms with van der Waals surface area (Å²) in [4.78, 5) is 34.5. The molecule has 1 amide bonds. The van der Waals surface area contributed by atoms with Crippen molar-refractivity contribution < 1.29 is 4.79 Å². The van der Waals surface area contributed by atoms with E-state index in [2.05, 4.69) is 23.8 Å². The van der Waals surface area contributed by atoms with E-state index in [1.165, 1.54) is 17.8 Å². The van der Waals surface area contributed by atoms with Crippen molar-refractivity contribution in [2.75, 3.05) is 4.90 Å². The van der Waals surface area contributed by atoms with Gasteiger partial charge < -0.3 is 4.98 Å². The topological polar surface area (TPSA) is 66.1 Å². The number of amides is 1. The van der Waals surface area contributed by atoms with E-state index in [4.69, 9.17) is 0 Å². The maximum atomic E-state index is 13.4. The molecule has 1 atom stereocenters. The van der Waals surface area contributed by atoms with Crippen LogP contribution < -0.4 is 10.5 Å². The van der Waals surface area contributed by atoms with Gasteiger partial charge in [0.05, 0.1) is 10.9 Å². The zero-order valence-electron chi connectivity index (χ0n) is 17.2. The first-order chi connectivity index (χ1) is 14.4. The Balaban J connectivity index is 1.83. The van der Waals surface area contributed by atoms with Gasteiger partial charge in [0.15, 0.2) is 5.16 Å². The van der Waals surface area contributed by atoms with Gasteiger partial charge in [-0.1, -0.05) is 62.0 Å². The van der Waals surface area contributed by atoms with E-state index in [1.807, 2.05) is 67.6 Å². The van der Waals surface area contributed by atoms with Crippen LogP contribution in [-0.4, -0.2) is 26.4 Å². The van der Waals surface area contributed by atoms with Crippen molar-refractivity contribution in [2.24, 2.45) is 0 Å². The number of nitrogens with zero attached hydrogens (tertiary/aromatic N) is 2. The van der Waals surface area contributed by atoms with Crippen molar-refractivity contribution in [3.63, 3.8) is 0 Å². The minimum atomic E-state index is -0.443. The van der Waals surface area contributed by atoms with E-state index in [0.29, 0.717) is 16.2 Å². The number of benzene rings is 2. The highest BCUT2D eigenvalue weighted by Gasteiger charge is 2.25. The van der Waals surface area contributed by atoms with Crippen LogP contribution in [0, 0.1) is 0 Å². The van der Waals surface area contributed by atoms with Crippen LogP contribution >= 0.6 is 23.5 Å². The predicted octanol–water partition coefficient (Wildman–Crippen LogP) is 5.26. The first kappa shape index (κ1) is 22.2. The molecule has 0 saturated carbocycles. The second-order valence-electron chi connectivity index (χ2n) is 7.01. The third kappa shape index (κ3) is 6.00. The monoisotopic (exact) mass is 439 g/mol. The zero-order valence-corrected chi connectivity index (χ0v) is 18.9. The summed E-state index contributed by atoms with van der Waals surface area (Å²) in [5.41, 5.74) is 2.12. The van der Waals surface area contributed by atoms with Crippen molar-refractivity contribution in [2.45, 2.75) is 42.2 Å². The molecule has 0 aliphatic heterocycles. The molecule has 0 radical (unpaired) electrons. The average Bonchev–Trinajstić information content (AvgIpc) is 2.73. The normalized spacial score (nSPS) is 12.0. The number of thioether (sulfide) groups is 2. The highest BCUT2D eigenvalue weighted by atomic mass is 32.2. The van der Waals surface area contributed by atoms with Crippen LogP contribution in [0.15, 0.2) is 76.7 Å². The van der Waals surface area contributed by atoms with Crippen molar-refractivity contribution in [3.05, 3.63) is 82.8 Å². The number of rotatable bonds is 8. The molecule has 30 heavy (non-hydrogen) atoms. The quantitative estimate of drug-likeness (QED) is 0.383. The molecular formula is C23H25N3O2S2. The van der Waals surface area contributed by atoms with Crippen LogP contribution in [0.2, 0.25) is 0 Å². The Kier molecular flexibility index (Phi) is 7.76. The third-order valence-electron chi connectivity index (χ3n) is 4.22. The van der Waals surface area contributed by atoms with Crippen LogP contribution in [0.25, 0.3) is 0 Å². The lowest BCUT2D eigenvalue weighted by molar-refractivity contribution is -0.117. The van der Waals surface area contributed by atoms with E-state index in [9.17, 15) is 9.59 Å². The summed E-state index contributed by atoms with van der Waals surface area (Å²) in [6.45, 7) is 6.05. The first-order valence-corrected chi connectivity index (χ1v) is 11.7. The summed E-state index contributed by atoms with van der Waals surface area (Å²) in [6, 6.07) is 20.6. The van der Waals surface area contributed by atoms with Crippen LogP contribution in [-0.2, 0) is 10.5 Å². The number of nitrogens with one attached hydrogen (secondary N) is 1. The fraction of sp³-hybridized carbons (Fsp3) is 0.261. The predicted molar refractivity (Wildman–Crippen MR) is 127 cm³/mol. The molecule has 1 N–H and O–H groups in total. The average molecular weight is 440 g/mol. The van der Waals surface area contributed by atoms with Gasteiger partial charge in [-0.15, -0.1) is 0 Å². The molecule has 0 spiro atoms. The van der Waals surface area contributed by atoms with Gasteiger partial charge in [-0.3, -0.25) is 14.5 Å². The summed E-state index contributed by atoms with van der Waals surface area (Å²) in [7, 11) is 0. The standard InChI is InChI=1S/C23H25N3O2S2/c1-16(2)29-15-18-14-21(27)25-23(24-18)30-17(3)22(28)26(19-10-6-4-7-11-19)20-12-8-5-9-13-20/h4-14,16-17H,15H2,1-3H3,(H,24,25,27). The van der Waals surface area contributed by atoms with E-state index in [-0.39, 0.29) is 11.5 Å². The highest BCUT2D eigenvalue weighted by Crippen LogP contribution is 2.30. The minimum absolute atomic E-state index is 0.0815. The lowest BCUT2D eigenvalue weighted by Gasteiger charge is -2.25. The second-order valence-corrected chi connectivity index (χ2v) is 9.90. The molecule has 0 fully saturated rings. The van der Waals surface area contributed by atoms with Gasteiger partial charge in [-0.25, -0.2) is 4.98 Å². The van der Waals surface area contributed by atoms with Gasteiger partial charge in [0.1, 0.15) is 0 Å². The maximum absolute atomic E-state index is 13.4. The molecule has 0 saturated heterocycles. The Bertz CT molecular complexity index is 984. The van der Waals surface area contributed by atoms with Crippen molar-refractivity contribution in [1.82, 2.24) is 9.97 Å². The third-order valence-corrected chi connectivity index (χ3v) is 6.32. The molecule has 7 heteroatoms. The fourth-order valence-corrected chi connectivity index (χ4v) is 4.35. The number of H-pyrrole nitrogens is 1. The van der Waals surface area contributed by atoms with Crippen LogP contribution in [0.3, 0.4) is 0 Å². The molecule has 3 aromatic rings. The van der Waals surface area contributed by atoms with E-state index in [0.717, 1.165) is 17.1 Å². The van der Waals surface area contributed by atoms with E-state index in [1.54, 1.807) is 16.7 Å². The van der Waals surface area contributed by atoms with E-state index < -0.39 is 5.25 Å². The Morgan fingerprint density at radius 1 is 1.00 bits per heavy atom. The molecule has 0 bridgehead atoms. The molecule has 3 rings (SSSR count). The molecule has 5 nitrogen and oxygen atoms in total. The van der Waals surface area contributed by atoms with Gasteiger partial charge in [0.2, 0.25) is 5.91 Å². The van der Waals surface area contributed by atoms with Crippen LogP contribution in [0.5, 0.6) is 0 Å². The zero-order chi connectivity index (χ0) is 21.5. The number of carbonyl (C=O) groups excluding carboxylic acids is 1. The number of aromatic amines is 1. The Hall–Kier alpha value is -2.51. The van der Waals surface area contributed by atoms with E-state index >= 15 is 0 Å². The number of para-hydroxylation sites is 2. The van der Waals surface area contributed by atoms with Crippen molar-refractivity contribution in [3.8, 4) is 0 Å². The summed E-state index contributed by atoms with van der Waals surface area (Å²) in [6.07, 6.45) is 0. The molecule has 1 unspecified atom stereocenters. The second kappa shape index (κ2) is 10.5. The molecule has 1 heterocycles. The van der Waals surface area contributed by atoms with Crippen molar-refractivity contribution >= 4 is 40.8 Å². The van der Waals surface area contributed by atoms with Crippen LogP contribution in [0.4, 0.5) is 11.4 Å². The van der Waals surface area contributed by atoms with Crippen molar-refractivity contribution in [1.29, 1.82) is 0 Å². The molecule has 156 valence electrons. The molecular weight excluding hydrogens is 414 g/mol. The summed E-state index contributed by atoms with van der Waals surface area (Å²) in [5, 5.41) is 0.471. The van der Waals surface area contributed by atoms with Gasteiger partial charge >= 0.3 is 0 Å².